The summed E-state index contributed by atoms with van der Waals surface area (Å²) in [6.45, 7) is 1.63. The summed E-state index contributed by atoms with van der Waals surface area (Å²) in [5, 5.41) is 2.44. The van der Waals surface area contributed by atoms with Crippen molar-refractivity contribution in [2.45, 2.75) is 25.5 Å². The quantitative estimate of drug-likeness (QED) is 0.790. The molecule has 2 aromatic rings. The van der Waals surface area contributed by atoms with Crippen LogP contribution in [-0.4, -0.2) is 16.8 Å². The highest BCUT2D eigenvalue weighted by Crippen LogP contribution is 2.48. The SMILES string of the molecule is CC(NC(=O)OCc1ccccc1)P(=O)(O)Cc1ccccc1. The maximum Gasteiger partial charge on any atom is 0.408 e. The first-order chi connectivity index (χ1) is 11.0. The standard InChI is InChI=1S/C17H20NO4P/c1-14(23(20,21)13-16-10-6-3-7-11-16)18-17(19)22-12-15-8-4-2-5-9-15/h2-11,14H,12-13H2,1H3,(H,18,19)(H,20,21). The highest BCUT2D eigenvalue weighted by molar-refractivity contribution is 7.57. The fourth-order valence-corrected chi connectivity index (χ4v) is 3.33. The van der Waals surface area contributed by atoms with E-state index in [1.165, 1.54) is 6.92 Å². The molecule has 0 aliphatic heterocycles. The Kier molecular flexibility index (Phi) is 5.97. The van der Waals surface area contributed by atoms with E-state index >= 15 is 0 Å². The monoisotopic (exact) mass is 333 g/mol. The fourth-order valence-electron chi connectivity index (χ4n) is 2.02. The lowest BCUT2D eigenvalue weighted by Gasteiger charge is -2.20. The Morgan fingerprint density at radius 2 is 1.61 bits per heavy atom. The van der Waals surface area contributed by atoms with Gasteiger partial charge in [-0.2, -0.15) is 0 Å². The van der Waals surface area contributed by atoms with E-state index in [2.05, 4.69) is 5.32 Å². The largest absolute Gasteiger partial charge is 0.445 e. The van der Waals surface area contributed by atoms with Crippen LogP contribution >= 0.6 is 7.37 Å². The van der Waals surface area contributed by atoms with Gasteiger partial charge in [0, 0.05) is 0 Å². The van der Waals surface area contributed by atoms with E-state index in [9.17, 15) is 14.3 Å². The molecule has 0 bridgehead atoms. The highest BCUT2D eigenvalue weighted by atomic mass is 31.2. The number of alkyl carbamates (subject to hydrolysis) is 1. The van der Waals surface area contributed by atoms with Gasteiger partial charge in [0.05, 0.1) is 6.16 Å². The second kappa shape index (κ2) is 7.95. The molecule has 23 heavy (non-hydrogen) atoms. The fraction of sp³-hybridized carbons (Fsp3) is 0.235. The zero-order valence-corrected chi connectivity index (χ0v) is 13.8. The lowest BCUT2D eigenvalue weighted by molar-refractivity contribution is 0.138. The van der Waals surface area contributed by atoms with Crippen molar-refractivity contribution in [1.29, 1.82) is 0 Å². The Hall–Kier alpha value is -2.10. The zero-order chi connectivity index (χ0) is 16.7. The van der Waals surface area contributed by atoms with Gasteiger partial charge in [0.25, 0.3) is 0 Å². The molecule has 2 aromatic carbocycles. The molecule has 0 aliphatic rings. The van der Waals surface area contributed by atoms with Gasteiger partial charge in [-0.3, -0.25) is 4.57 Å². The lowest BCUT2D eigenvalue weighted by Crippen LogP contribution is -2.33. The first-order valence-corrected chi connectivity index (χ1v) is 9.21. The van der Waals surface area contributed by atoms with Gasteiger partial charge in [0.2, 0.25) is 7.37 Å². The Morgan fingerprint density at radius 1 is 1.09 bits per heavy atom. The summed E-state index contributed by atoms with van der Waals surface area (Å²) in [6.07, 6.45) is -0.697. The molecule has 0 saturated carbocycles. The van der Waals surface area contributed by atoms with E-state index in [4.69, 9.17) is 4.74 Å². The first-order valence-electron chi connectivity index (χ1n) is 7.30. The molecule has 2 atom stereocenters. The molecular formula is C17H20NO4P. The van der Waals surface area contributed by atoms with Crippen LogP contribution in [0.2, 0.25) is 0 Å². The van der Waals surface area contributed by atoms with Crippen LogP contribution in [0.4, 0.5) is 4.79 Å². The Balaban J connectivity index is 1.86. The van der Waals surface area contributed by atoms with Crippen molar-refractivity contribution < 1.29 is 19.0 Å². The number of hydrogen-bond acceptors (Lipinski definition) is 3. The average molecular weight is 333 g/mol. The van der Waals surface area contributed by atoms with Crippen LogP contribution in [0.1, 0.15) is 18.1 Å². The third-order valence-electron chi connectivity index (χ3n) is 3.40. The normalized spacial score (nSPS) is 14.5. The first kappa shape index (κ1) is 17.3. The van der Waals surface area contributed by atoms with Gasteiger partial charge in [0.15, 0.2) is 0 Å². The van der Waals surface area contributed by atoms with Crippen molar-refractivity contribution in [1.82, 2.24) is 5.32 Å². The van der Waals surface area contributed by atoms with E-state index in [1.54, 1.807) is 12.1 Å². The maximum atomic E-state index is 12.4. The Labute approximate surface area is 135 Å². The van der Waals surface area contributed by atoms with E-state index < -0.39 is 19.2 Å². The summed E-state index contributed by atoms with van der Waals surface area (Å²) < 4.78 is 17.4. The maximum absolute atomic E-state index is 12.4. The average Bonchev–Trinajstić information content (AvgIpc) is 2.54. The van der Waals surface area contributed by atoms with Crippen LogP contribution in [0.5, 0.6) is 0 Å². The molecule has 0 aliphatic carbocycles. The molecule has 6 heteroatoms. The molecule has 5 nitrogen and oxygen atoms in total. The summed E-state index contributed by atoms with van der Waals surface area (Å²) in [5.41, 5.74) is 1.61. The molecule has 2 unspecified atom stereocenters. The van der Waals surface area contributed by atoms with Crippen molar-refractivity contribution in [2.24, 2.45) is 0 Å². The van der Waals surface area contributed by atoms with Gasteiger partial charge >= 0.3 is 6.09 Å². The minimum atomic E-state index is -3.57. The van der Waals surface area contributed by atoms with Crippen molar-refractivity contribution in [3.63, 3.8) is 0 Å². The molecule has 2 rings (SSSR count). The Bertz CT molecular complexity index is 676. The smallest absolute Gasteiger partial charge is 0.408 e. The third-order valence-corrected chi connectivity index (χ3v) is 5.55. The molecule has 0 radical (unpaired) electrons. The topological polar surface area (TPSA) is 75.6 Å². The van der Waals surface area contributed by atoms with E-state index in [0.717, 1.165) is 11.1 Å². The summed E-state index contributed by atoms with van der Waals surface area (Å²) >= 11 is 0. The minimum Gasteiger partial charge on any atom is -0.445 e. The van der Waals surface area contributed by atoms with Crippen molar-refractivity contribution in [3.8, 4) is 0 Å². The summed E-state index contributed by atoms with van der Waals surface area (Å²) in [7, 11) is -3.57. The van der Waals surface area contributed by atoms with Crippen LogP contribution in [0.3, 0.4) is 0 Å². The number of carbonyl (C=O) groups excluding carboxylic acids is 1. The number of ether oxygens (including phenoxy) is 1. The molecule has 0 heterocycles. The van der Waals surface area contributed by atoms with Crippen LogP contribution < -0.4 is 5.32 Å². The van der Waals surface area contributed by atoms with Crippen LogP contribution in [0, 0.1) is 0 Å². The summed E-state index contributed by atoms with van der Waals surface area (Å²) in [5.74, 6) is -0.883. The lowest BCUT2D eigenvalue weighted by atomic mass is 10.2. The zero-order valence-electron chi connectivity index (χ0n) is 12.9. The number of rotatable bonds is 6. The molecule has 2 N–H and O–H groups in total. The van der Waals surface area contributed by atoms with Gasteiger partial charge in [-0.15, -0.1) is 0 Å². The van der Waals surface area contributed by atoms with E-state index in [1.807, 2.05) is 48.5 Å². The molecule has 1 amide bonds. The van der Waals surface area contributed by atoms with Crippen molar-refractivity contribution in [3.05, 3.63) is 71.8 Å². The number of nitrogens with one attached hydrogen (secondary N) is 1. The molecule has 0 aromatic heterocycles. The highest BCUT2D eigenvalue weighted by Gasteiger charge is 2.29. The van der Waals surface area contributed by atoms with Crippen LogP contribution in [0.15, 0.2) is 60.7 Å². The predicted molar refractivity (Wildman–Crippen MR) is 89.2 cm³/mol. The number of amides is 1. The van der Waals surface area contributed by atoms with Crippen molar-refractivity contribution in [2.75, 3.05) is 0 Å². The molecule has 0 saturated heterocycles. The van der Waals surface area contributed by atoms with Gasteiger partial charge in [-0.25, -0.2) is 4.79 Å². The summed E-state index contributed by atoms with van der Waals surface area (Å²) in [6, 6.07) is 18.3. The number of benzene rings is 2. The van der Waals surface area contributed by atoms with Gasteiger partial charge in [-0.05, 0) is 18.1 Å². The third kappa shape index (κ3) is 5.55. The molecule has 122 valence electrons. The number of carbonyl (C=O) groups is 1. The minimum absolute atomic E-state index is 0.00791. The molecule has 0 spiro atoms. The van der Waals surface area contributed by atoms with Crippen LogP contribution in [0.25, 0.3) is 0 Å². The van der Waals surface area contributed by atoms with Gasteiger partial charge < -0.3 is 14.9 Å². The Morgan fingerprint density at radius 3 is 2.17 bits per heavy atom. The predicted octanol–water partition coefficient (Wildman–Crippen LogP) is 3.73. The van der Waals surface area contributed by atoms with Crippen LogP contribution in [-0.2, 0) is 22.1 Å². The van der Waals surface area contributed by atoms with Gasteiger partial charge in [0.1, 0.15) is 12.4 Å². The molecular weight excluding hydrogens is 313 g/mol. The second-order valence-corrected chi connectivity index (χ2v) is 7.88. The summed E-state index contributed by atoms with van der Waals surface area (Å²) in [4.78, 5) is 21.9. The number of hydrogen-bond donors (Lipinski definition) is 2. The van der Waals surface area contributed by atoms with E-state index in [-0.39, 0.29) is 12.8 Å². The van der Waals surface area contributed by atoms with E-state index in [0.29, 0.717) is 0 Å². The van der Waals surface area contributed by atoms with Crippen molar-refractivity contribution >= 4 is 13.5 Å². The molecule has 0 fully saturated rings. The van der Waals surface area contributed by atoms with Gasteiger partial charge in [-0.1, -0.05) is 60.7 Å². The second-order valence-electron chi connectivity index (χ2n) is 5.28.